The van der Waals surface area contributed by atoms with Crippen LogP contribution in [0.4, 0.5) is 0 Å². The van der Waals surface area contributed by atoms with Crippen LogP contribution in [0, 0.1) is 6.92 Å². The van der Waals surface area contributed by atoms with E-state index >= 15 is 0 Å². The first-order valence-electron chi connectivity index (χ1n) is 7.66. The van der Waals surface area contributed by atoms with Gasteiger partial charge in [-0.05, 0) is 52.1 Å². The zero-order chi connectivity index (χ0) is 16.3. The largest absolute Gasteiger partial charge is 0.449 e. The number of rotatable bonds is 3. The fourth-order valence-electron chi connectivity index (χ4n) is 2.00. The molecule has 1 aromatic heterocycles. The third kappa shape index (κ3) is 3.73. The maximum absolute atomic E-state index is 6.39. The van der Waals surface area contributed by atoms with Gasteiger partial charge in [0.15, 0.2) is 0 Å². The fourth-order valence-corrected chi connectivity index (χ4v) is 3.76. The Labute approximate surface area is 132 Å². The monoisotopic (exact) mass is 312 g/mol. The molecule has 0 bridgehead atoms. The molecule has 0 aliphatic rings. The first-order chi connectivity index (χ1) is 9.77. The standard InChI is InChI=1S/C15H24N2OS.C2H6.H2/c1-7-19(6,15(3,4)5)18-12-8-9-14-13(10-12)11(2)16-17-14;1-2;/h8-10H,7H2,1-6H3,(H,16,17);1-2H3;1H. The second kappa shape index (κ2) is 6.73. The van der Waals surface area contributed by atoms with Gasteiger partial charge in [-0.25, -0.2) is 0 Å². The van der Waals surface area contributed by atoms with Crippen LogP contribution >= 0.6 is 10.3 Å². The SMILES string of the molecule is CC.CCS(C)(Oc1ccc2n[nH]c(C)c2c1)C(C)(C)C.[HH]. The van der Waals surface area contributed by atoms with Crippen molar-refractivity contribution >= 4 is 21.2 Å². The second-order valence-electron chi connectivity index (χ2n) is 6.02. The molecule has 1 heterocycles. The van der Waals surface area contributed by atoms with Crippen molar-refractivity contribution in [3.8, 4) is 5.75 Å². The van der Waals surface area contributed by atoms with Crippen molar-refractivity contribution < 1.29 is 5.61 Å². The molecule has 0 aliphatic heterocycles. The van der Waals surface area contributed by atoms with Crippen LogP contribution in [0.5, 0.6) is 5.75 Å². The molecule has 122 valence electrons. The van der Waals surface area contributed by atoms with Crippen LogP contribution in [0.2, 0.25) is 0 Å². The van der Waals surface area contributed by atoms with Gasteiger partial charge in [-0.3, -0.25) is 5.10 Å². The van der Waals surface area contributed by atoms with Crippen molar-refractivity contribution in [1.29, 1.82) is 0 Å². The Morgan fingerprint density at radius 2 is 1.90 bits per heavy atom. The summed E-state index contributed by atoms with van der Waals surface area (Å²) in [6.07, 6.45) is 2.26. The van der Waals surface area contributed by atoms with E-state index in [-0.39, 0.29) is 6.17 Å². The molecule has 2 aromatic rings. The molecule has 0 aliphatic carbocycles. The summed E-state index contributed by atoms with van der Waals surface area (Å²) in [7, 11) is -1.14. The predicted molar refractivity (Wildman–Crippen MR) is 98.7 cm³/mol. The molecule has 0 amide bonds. The minimum absolute atomic E-state index is 0. The van der Waals surface area contributed by atoms with Crippen LogP contribution < -0.4 is 4.18 Å². The van der Waals surface area contributed by atoms with E-state index in [1.165, 1.54) is 0 Å². The summed E-state index contributed by atoms with van der Waals surface area (Å²) in [5.41, 5.74) is 2.08. The zero-order valence-electron chi connectivity index (χ0n) is 14.7. The van der Waals surface area contributed by atoms with Gasteiger partial charge in [0.1, 0.15) is 5.75 Å². The summed E-state index contributed by atoms with van der Waals surface area (Å²) in [5, 5.41) is 8.41. The summed E-state index contributed by atoms with van der Waals surface area (Å²) in [5.74, 6) is 2.00. The molecule has 1 aromatic carbocycles. The van der Waals surface area contributed by atoms with Gasteiger partial charge in [0.2, 0.25) is 0 Å². The summed E-state index contributed by atoms with van der Waals surface area (Å²) in [4.78, 5) is 0. The molecule has 0 saturated carbocycles. The number of benzene rings is 1. The maximum Gasteiger partial charge on any atom is 0.135 e. The van der Waals surface area contributed by atoms with Crippen LogP contribution in [0.3, 0.4) is 0 Å². The molecular formula is C17H32N2OS. The number of fused-ring (bicyclic) bond motifs is 1. The lowest BCUT2D eigenvalue weighted by Gasteiger charge is -2.46. The fraction of sp³-hybridized carbons (Fsp3) is 0.588. The zero-order valence-corrected chi connectivity index (χ0v) is 15.5. The Hall–Kier alpha value is -1.16. The molecule has 1 atom stereocenters. The van der Waals surface area contributed by atoms with Gasteiger partial charge in [-0.15, -0.1) is 0 Å². The molecule has 0 radical (unpaired) electrons. The van der Waals surface area contributed by atoms with E-state index in [2.05, 4.69) is 50.2 Å². The Bertz CT molecular complexity index is 592. The molecule has 1 N–H and O–H groups in total. The number of nitrogens with one attached hydrogen (secondary N) is 1. The predicted octanol–water partition coefficient (Wildman–Crippen LogP) is 5.69. The number of aromatic amines is 1. The summed E-state index contributed by atoms with van der Waals surface area (Å²) in [6, 6.07) is 6.14. The summed E-state index contributed by atoms with van der Waals surface area (Å²) >= 11 is 0. The Balaban J connectivity index is 0.00000141. The van der Waals surface area contributed by atoms with E-state index in [4.69, 9.17) is 4.18 Å². The van der Waals surface area contributed by atoms with Crippen LogP contribution in [0.25, 0.3) is 10.9 Å². The number of hydrogen-bond acceptors (Lipinski definition) is 2. The quantitative estimate of drug-likeness (QED) is 0.790. The van der Waals surface area contributed by atoms with Crippen molar-refractivity contribution in [3.63, 3.8) is 0 Å². The van der Waals surface area contributed by atoms with E-state index in [0.717, 1.165) is 28.1 Å². The van der Waals surface area contributed by atoms with Gasteiger partial charge in [-0.1, -0.05) is 31.1 Å². The van der Waals surface area contributed by atoms with Gasteiger partial charge in [0.05, 0.1) is 5.52 Å². The summed E-state index contributed by atoms with van der Waals surface area (Å²) in [6.45, 7) is 15.0. The molecule has 2 rings (SSSR count). The first kappa shape index (κ1) is 17.9. The van der Waals surface area contributed by atoms with E-state index in [1.807, 2.05) is 32.9 Å². The van der Waals surface area contributed by atoms with Crippen molar-refractivity contribution in [2.24, 2.45) is 0 Å². The lowest BCUT2D eigenvalue weighted by molar-refractivity contribution is 0.582. The topological polar surface area (TPSA) is 37.9 Å². The molecule has 0 spiro atoms. The number of nitrogens with zero attached hydrogens (tertiary/aromatic N) is 1. The second-order valence-corrected chi connectivity index (χ2v) is 10.00. The third-order valence-electron chi connectivity index (χ3n) is 3.84. The van der Waals surface area contributed by atoms with Crippen molar-refractivity contribution in [1.82, 2.24) is 10.2 Å². The highest BCUT2D eigenvalue weighted by Gasteiger charge is 2.33. The average molecular weight is 313 g/mol. The van der Waals surface area contributed by atoms with Crippen molar-refractivity contribution in [2.75, 3.05) is 12.0 Å². The van der Waals surface area contributed by atoms with Gasteiger partial charge in [0.25, 0.3) is 0 Å². The molecule has 21 heavy (non-hydrogen) atoms. The van der Waals surface area contributed by atoms with Crippen LogP contribution in [0.15, 0.2) is 18.2 Å². The molecule has 0 saturated heterocycles. The Morgan fingerprint density at radius 1 is 1.29 bits per heavy atom. The first-order valence-corrected chi connectivity index (χ1v) is 9.80. The molecule has 3 nitrogen and oxygen atoms in total. The van der Waals surface area contributed by atoms with E-state index in [1.54, 1.807) is 0 Å². The van der Waals surface area contributed by atoms with E-state index < -0.39 is 10.3 Å². The van der Waals surface area contributed by atoms with Gasteiger partial charge in [0, 0.05) is 23.0 Å². The molecule has 1 unspecified atom stereocenters. The van der Waals surface area contributed by atoms with Gasteiger partial charge in [-0.2, -0.15) is 5.10 Å². The number of hydrogen-bond donors (Lipinski definition) is 1. The van der Waals surface area contributed by atoms with Crippen molar-refractivity contribution in [3.05, 3.63) is 23.9 Å². The molecule has 0 fully saturated rings. The van der Waals surface area contributed by atoms with Crippen molar-refractivity contribution in [2.45, 2.75) is 53.2 Å². The lowest BCUT2D eigenvalue weighted by atomic mass is 10.2. The van der Waals surface area contributed by atoms with Crippen LogP contribution in [-0.4, -0.2) is 27.0 Å². The summed E-state index contributed by atoms with van der Waals surface area (Å²) < 4.78 is 6.56. The smallest absolute Gasteiger partial charge is 0.135 e. The minimum atomic E-state index is -1.14. The average Bonchev–Trinajstić information content (AvgIpc) is 2.81. The number of H-pyrrole nitrogens is 1. The van der Waals surface area contributed by atoms with Crippen LogP contribution in [-0.2, 0) is 0 Å². The maximum atomic E-state index is 6.39. The molecular weight excluding hydrogens is 280 g/mol. The third-order valence-corrected chi connectivity index (χ3v) is 8.10. The number of aryl methyl sites for hydroxylation is 1. The van der Waals surface area contributed by atoms with E-state index in [0.29, 0.717) is 0 Å². The van der Waals surface area contributed by atoms with E-state index in [9.17, 15) is 0 Å². The molecule has 4 heteroatoms. The lowest BCUT2D eigenvalue weighted by Crippen LogP contribution is -2.29. The van der Waals surface area contributed by atoms with Gasteiger partial charge >= 0.3 is 0 Å². The van der Waals surface area contributed by atoms with Gasteiger partial charge < -0.3 is 4.18 Å². The minimum Gasteiger partial charge on any atom is -0.449 e. The normalized spacial score (nSPS) is 15.8. The highest BCUT2D eigenvalue weighted by Crippen LogP contribution is 2.56. The highest BCUT2D eigenvalue weighted by molar-refractivity contribution is 8.30. The Kier molecular flexibility index (Phi) is 5.74. The van der Waals surface area contributed by atoms with Crippen LogP contribution in [0.1, 0.15) is 48.7 Å². The highest BCUT2D eigenvalue weighted by atomic mass is 32.3. The number of aromatic nitrogens is 2. The Morgan fingerprint density at radius 3 is 2.43 bits per heavy atom.